The van der Waals surface area contributed by atoms with Crippen LogP contribution in [-0.4, -0.2) is 19.9 Å². The Morgan fingerprint density at radius 1 is 1.10 bits per heavy atom. The lowest BCUT2D eigenvalue weighted by Gasteiger charge is -2.09. The SMILES string of the molecule is OCc1nnc(-c2ccc(F)c(Cl)c2)n1-c1ccccc1. The molecule has 0 bridgehead atoms. The lowest BCUT2D eigenvalue weighted by Crippen LogP contribution is -2.03. The molecule has 0 fully saturated rings. The van der Waals surface area contributed by atoms with Crippen LogP contribution in [0, 0.1) is 5.82 Å². The normalized spacial score (nSPS) is 10.8. The molecule has 1 aromatic heterocycles. The molecule has 3 aromatic rings. The van der Waals surface area contributed by atoms with Gasteiger partial charge in [-0.05, 0) is 30.3 Å². The second-order valence-corrected chi connectivity index (χ2v) is 4.80. The molecule has 0 atom stereocenters. The highest BCUT2D eigenvalue weighted by Gasteiger charge is 2.15. The summed E-state index contributed by atoms with van der Waals surface area (Å²) in [5.74, 6) is 0.400. The average Bonchev–Trinajstić information content (AvgIpc) is 2.95. The Morgan fingerprint density at radius 3 is 2.52 bits per heavy atom. The molecule has 21 heavy (non-hydrogen) atoms. The van der Waals surface area contributed by atoms with Gasteiger partial charge >= 0.3 is 0 Å². The van der Waals surface area contributed by atoms with Crippen molar-refractivity contribution in [2.45, 2.75) is 6.61 Å². The summed E-state index contributed by atoms with van der Waals surface area (Å²) in [7, 11) is 0. The molecule has 0 radical (unpaired) electrons. The number of aliphatic hydroxyl groups is 1. The smallest absolute Gasteiger partial charge is 0.168 e. The van der Waals surface area contributed by atoms with Crippen molar-refractivity contribution in [2.24, 2.45) is 0 Å². The molecule has 0 aliphatic heterocycles. The van der Waals surface area contributed by atoms with Crippen molar-refractivity contribution in [3.8, 4) is 17.1 Å². The summed E-state index contributed by atoms with van der Waals surface area (Å²) in [6.45, 7) is -0.253. The van der Waals surface area contributed by atoms with E-state index in [0.717, 1.165) is 5.69 Å². The van der Waals surface area contributed by atoms with Crippen molar-refractivity contribution in [3.05, 3.63) is 65.2 Å². The van der Waals surface area contributed by atoms with Crippen LogP contribution in [-0.2, 0) is 6.61 Å². The van der Waals surface area contributed by atoms with Crippen LogP contribution < -0.4 is 0 Å². The third kappa shape index (κ3) is 2.53. The van der Waals surface area contributed by atoms with Crippen LogP contribution in [0.5, 0.6) is 0 Å². The number of aromatic nitrogens is 3. The molecule has 0 unspecified atom stereocenters. The molecule has 4 nitrogen and oxygen atoms in total. The van der Waals surface area contributed by atoms with E-state index in [1.165, 1.54) is 12.1 Å². The van der Waals surface area contributed by atoms with E-state index in [1.54, 1.807) is 10.6 Å². The molecule has 106 valence electrons. The van der Waals surface area contributed by atoms with Crippen LogP contribution >= 0.6 is 11.6 Å². The summed E-state index contributed by atoms with van der Waals surface area (Å²) < 4.78 is 15.0. The largest absolute Gasteiger partial charge is 0.388 e. The zero-order chi connectivity index (χ0) is 14.8. The fraction of sp³-hybridized carbons (Fsp3) is 0.0667. The Kier molecular flexibility index (Phi) is 3.68. The summed E-state index contributed by atoms with van der Waals surface area (Å²) in [4.78, 5) is 0. The van der Waals surface area contributed by atoms with E-state index in [1.807, 2.05) is 30.3 Å². The van der Waals surface area contributed by atoms with E-state index in [4.69, 9.17) is 11.6 Å². The van der Waals surface area contributed by atoms with Gasteiger partial charge in [0.2, 0.25) is 0 Å². The first-order valence-electron chi connectivity index (χ1n) is 6.26. The van der Waals surface area contributed by atoms with Crippen molar-refractivity contribution in [3.63, 3.8) is 0 Å². The number of halogens is 2. The topological polar surface area (TPSA) is 50.9 Å². The number of para-hydroxylation sites is 1. The molecule has 0 saturated heterocycles. The molecule has 0 aliphatic rings. The highest BCUT2D eigenvalue weighted by atomic mass is 35.5. The van der Waals surface area contributed by atoms with Gasteiger partial charge < -0.3 is 5.11 Å². The average molecular weight is 304 g/mol. The fourth-order valence-electron chi connectivity index (χ4n) is 2.09. The maximum Gasteiger partial charge on any atom is 0.168 e. The second-order valence-electron chi connectivity index (χ2n) is 4.40. The highest BCUT2D eigenvalue weighted by molar-refractivity contribution is 6.31. The first-order valence-corrected chi connectivity index (χ1v) is 6.64. The minimum atomic E-state index is -0.492. The Morgan fingerprint density at radius 2 is 1.86 bits per heavy atom. The second kappa shape index (κ2) is 5.63. The maximum atomic E-state index is 13.3. The van der Waals surface area contributed by atoms with E-state index >= 15 is 0 Å². The first kappa shape index (κ1) is 13.7. The summed E-state index contributed by atoms with van der Waals surface area (Å²) in [5.41, 5.74) is 1.43. The Balaban J connectivity index is 2.20. The van der Waals surface area contributed by atoms with Crippen LogP contribution in [0.4, 0.5) is 4.39 Å². The van der Waals surface area contributed by atoms with E-state index in [-0.39, 0.29) is 11.6 Å². The molecule has 0 spiro atoms. The lowest BCUT2D eigenvalue weighted by molar-refractivity contribution is 0.269. The summed E-state index contributed by atoms with van der Waals surface area (Å²) in [6, 6.07) is 13.7. The molecule has 0 amide bonds. The van der Waals surface area contributed by atoms with Crippen LogP contribution in [0.25, 0.3) is 17.1 Å². The van der Waals surface area contributed by atoms with Crippen LogP contribution in [0.15, 0.2) is 48.5 Å². The van der Waals surface area contributed by atoms with Gasteiger partial charge in [0, 0.05) is 11.3 Å². The molecular formula is C15H11ClFN3O. The summed E-state index contributed by atoms with van der Waals surface area (Å²) >= 11 is 5.82. The van der Waals surface area contributed by atoms with Crippen LogP contribution in [0.1, 0.15) is 5.82 Å². The van der Waals surface area contributed by atoms with Crippen molar-refractivity contribution in [1.29, 1.82) is 0 Å². The lowest BCUT2D eigenvalue weighted by atomic mass is 10.2. The van der Waals surface area contributed by atoms with Gasteiger partial charge in [0.25, 0.3) is 0 Å². The number of hydrogen-bond donors (Lipinski definition) is 1. The van der Waals surface area contributed by atoms with Gasteiger partial charge in [0.15, 0.2) is 11.6 Å². The van der Waals surface area contributed by atoms with Crippen LogP contribution in [0.2, 0.25) is 5.02 Å². The summed E-state index contributed by atoms with van der Waals surface area (Å²) in [6.07, 6.45) is 0. The third-order valence-corrected chi connectivity index (χ3v) is 3.35. The number of benzene rings is 2. The molecule has 0 aliphatic carbocycles. The third-order valence-electron chi connectivity index (χ3n) is 3.06. The number of hydrogen-bond acceptors (Lipinski definition) is 3. The van der Waals surface area contributed by atoms with Gasteiger partial charge in [-0.2, -0.15) is 0 Å². The fourth-order valence-corrected chi connectivity index (χ4v) is 2.27. The maximum absolute atomic E-state index is 13.3. The number of nitrogens with zero attached hydrogens (tertiary/aromatic N) is 3. The van der Waals surface area contributed by atoms with Crippen molar-refractivity contribution in [1.82, 2.24) is 14.8 Å². The molecular weight excluding hydrogens is 293 g/mol. The standard InChI is InChI=1S/C15H11ClFN3O/c16-12-8-10(6-7-13(12)17)15-19-18-14(9-21)20(15)11-4-2-1-3-5-11/h1-8,21H,9H2. The van der Waals surface area contributed by atoms with E-state index in [9.17, 15) is 9.50 Å². The van der Waals surface area contributed by atoms with E-state index < -0.39 is 5.82 Å². The molecule has 0 saturated carbocycles. The van der Waals surface area contributed by atoms with Crippen molar-refractivity contribution in [2.75, 3.05) is 0 Å². The van der Waals surface area contributed by atoms with E-state index in [2.05, 4.69) is 10.2 Å². The predicted octanol–water partition coefficient (Wildman–Crippen LogP) is 3.22. The molecule has 1 N–H and O–H groups in total. The Hall–Kier alpha value is -2.24. The van der Waals surface area contributed by atoms with Gasteiger partial charge in [-0.15, -0.1) is 10.2 Å². The number of aliphatic hydroxyl groups excluding tert-OH is 1. The molecule has 3 rings (SSSR count). The van der Waals surface area contributed by atoms with Crippen molar-refractivity contribution < 1.29 is 9.50 Å². The predicted molar refractivity (Wildman–Crippen MR) is 77.7 cm³/mol. The zero-order valence-electron chi connectivity index (χ0n) is 10.9. The minimum Gasteiger partial charge on any atom is -0.388 e. The van der Waals surface area contributed by atoms with Crippen LogP contribution in [0.3, 0.4) is 0 Å². The molecule has 1 heterocycles. The van der Waals surface area contributed by atoms with Gasteiger partial charge in [-0.1, -0.05) is 29.8 Å². The van der Waals surface area contributed by atoms with Gasteiger partial charge in [0.05, 0.1) is 5.02 Å². The quantitative estimate of drug-likeness (QED) is 0.808. The monoisotopic (exact) mass is 303 g/mol. The zero-order valence-corrected chi connectivity index (χ0v) is 11.6. The number of rotatable bonds is 3. The highest BCUT2D eigenvalue weighted by Crippen LogP contribution is 2.26. The van der Waals surface area contributed by atoms with E-state index in [0.29, 0.717) is 17.2 Å². The molecule has 2 aromatic carbocycles. The first-order chi connectivity index (χ1) is 10.2. The summed E-state index contributed by atoms with van der Waals surface area (Å²) in [5, 5.41) is 17.5. The van der Waals surface area contributed by atoms with Crippen molar-refractivity contribution >= 4 is 11.6 Å². The van der Waals surface area contributed by atoms with Gasteiger partial charge in [-0.3, -0.25) is 4.57 Å². The minimum absolute atomic E-state index is 0.0145. The Labute approximate surface area is 125 Å². The Bertz CT molecular complexity index is 774. The van der Waals surface area contributed by atoms with Gasteiger partial charge in [-0.25, -0.2) is 4.39 Å². The molecule has 6 heteroatoms. The van der Waals surface area contributed by atoms with Gasteiger partial charge in [0.1, 0.15) is 12.4 Å².